The second-order valence-electron chi connectivity index (χ2n) is 7.63. The lowest BCUT2D eigenvalue weighted by Crippen LogP contribution is -2.32. The molecular weight excluding hydrogens is 454 g/mol. The van der Waals surface area contributed by atoms with E-state index in [4.69, 9.17) is 9.47 Å². The lowest BCUT2D eigenvalue weighted by Gasteiger charge is -2.15. The zero-order valence-electron chi connectivity index (χ0n) is 19.1. The van der Waals surface area contributed by atoms with E-state index in [9.17, 15) is 9.59 Å². The van der Waals surface area contributed by atoms with Crippen molar-refractivity contribution in [1.82, 2.24) is 19.9 Å². The Kier molecular flexibility index (Phi) is 7.07. The number of methoxy groups -OCH3 is 2. The van der Waals surface area contributed by atoms with Gasteiger partial charge in [0.25, 0.3) is 5.56 Å². The minimum absolute atomic E-state index is 0.137. The summed E-state index contributed by atoms with van der Waals surface area (Å²) in [6.07, 6.45) is 1.36. The monoisotopic (exact) mass is 479 g/mol. The van der Waals surface area contributed by atoms with Crippen LogP contribution in [0.5, 0.6) is 11.5 Å². The van der Waals surface area contributed by atoms with E-state index in [1.165, 1.54) is 22.2 Å². The number of hydrogen-bond acceptors (Lipinski definition) is 8. The van der Waals surface area contributed by atoms with Gasteiger partial charge in [-0.15, -0.1) is 0 Å². The largest absolute Gasteiger partial charge is 0.493 e. The molecule has 0 radical (unpaired) electrons. The fraction of sp³-hybridized carbons (Fsp3) is 0.250. The molecule has 1 amide bonds. The van der Waals surface area contributed by atoms with Crippen molar-refractivity contribution in [3.63, 3.8) is 0 Å². The fourth-order valence-corrected chi connectivity index (χ4v) is 4.37. The van der Waals surface area contributed by atoms with Gasteiger partial charge in [-0.3, -0.25) is 14.2 Å². The third-order valence-corrected chi connectivity index (χ3v) is 6.36. The minimum atomic E-state index is -0.302. The number of rotatable bonds is 9. The van der Waals surface area contributed by atoms with E-state index in [1.807, 2.05) is 48.3 Å². The summed E-state index contributed by atoms with van der Waals surface area (Å²) in [6.45, 7) is 0.814. The van der Waals surface area contributed by atoms with Crippen molar-refractivity contribution in [3.8, 4) is 11.5 Å². The summed E-state index contributed by atoms with van der Waals surface area (Å²) < 4.78 is 12.2. The number of nitrogens with one attached hydrogen (secondary N) is 1. The van der Waals surface area contributed by atoms with Gasteiger partial charge < -0.3 is 19.7 Å². The van der Waals surface area contributed by atoms with Crippen molar-refractivity contribution < 1.29 is 14.3 Å². The van der Waals surface area contributed by atoms with Gasteiger partial charge in [0.05, 0.1) is 14.2 Å². The van der Waals surface area contributed by atoms with Crippen LogP contribution in [0.15, 0.2) is 59.7 Å². The predicted molar refractivity (Wildman–Crippen MR) is 132 cm³/mol. The highest BCUT2D eigenvalue weighted by Crippen LogP contribution is 2.27. The first kappa shape index (κ1) is 23.2. The van der Waals surface area contributed by atoms with Gasteiger partial charge in [0, 0.05) is 20.1 Å². The number of nitrogens with zero attached hydrogens (tertiary/aromatic N) is 4. The molecule has 4 aromatic rings. The van der Waals surface area contributed by atoms with Crippen LogP contribution in [-0.4, -0.2) is 41.7 Å². The number of carbonyl (C=O) groups excluding carboxylic acids is 1. The minimum Gasteiger partial charge on any atom is -0.493 e. The molecule has 0 spiro atoms. The van der Waals surface area contributed by atoms with Gasteiger partial charge in [0.2, 0.25) is 5.91 Å². The number of aromatic nitrogens is 3. The van der Waals surface area contributed by atoms with Crippen LogP contribution in [0.3, 0.4) is 0 Å². The van der Waals surface area contributed by atoms with Crippen LogP contribution >= 0.6 is 11.3 Å². The van der Waals surface area contributed by atoms with E-state index in [0.717, 1.165) is 11.1 Å². The Balaban J connectivity index is 1.43. The highest BCUT2D eigenvalue weighted by molar-refractivity contribution is 7.22. The van der Waals surface area contributed by atoms with Crippen molar-refractivity contribution in [2.75, 3.05) is 26.2 Å². The average Bonchev–Trinajstić information content (AvgIpc) is 3.30. The molecule has 2 heterocycles. The molecule has 2 aromatic carbocycles. The molecule has 0 saturated heterocycles. The fourth-order valence-electron chi connectivity index (χ4n) is 3.44. The molecule has 0 saturated carbocycles. The number of anilines is 1. The first-order valence-corrected chi connectivity index (χ1v) is 11.4. The Labute approximate surface area is 200 Å². The molecule has 0 aliphatic rings. The van der Waals surface area contributed by atoms with E-state index >= 15 is 0 Å². The van der Waals surface area contributed by atoms with Gasteiger partial charge >= 0.3 is 0 Å². The maximum absolute atomic E-state index is 13.0. The highest BCUT2D eigenvalue weighted by atomic mass is 32.1. The van der Waals surface area contributed by atoms with Crippen molar-refractivity contribution in [2.45, 2.75) is 19.6 Å². The van der Waals surface area contributed by atoms with Crippen LogP contribution in [0.2, 0.25) is 0 Å². The predicted octanol–water partition coefficient (Wildman–Crippen LogP) is 2.82. The summed E-state index contributed by atoms with van der Waals surface area (Å²) in [5, 5.41) is 3.51. The SMILES string of the molecule is COc1ccc(CNC(=O)Cn2cnc3nc(N(C)Cc4ccccc4)sc3c2=O)cc1OC. The summed E-state index contributed by atoms with van der Waals surface area (Å²) >= 11 is 1.27. The van der Waals surface area contributed by atoms with Gasteiger partial charge in [0.1, 0.15) is 17.6 Å². The number of thiazole rings is 1. The van der Waals surface area contributed by atoms with Crippen LogP contribution < -0.4 is 25.2 Å². The Morgan fingerprint density at radius 3 is 2.59 bits per heavy atom. The molecule has 2 aromatic heterocycles. The van der Waals surface area contributed by atoms with Gasteiger partial charge in [-0.1, -0.05) is 47.7 Å². The highest BCUT2D eigenvalue weighted by Gasteiger charge is 2.15. The maximum atomic E-state index is 13.0. The summed E-state index contributed by atoms with van der Waals surface area (Å²) in [5.41, 5.74) is 2.08. The molecule has 0 fully saturated rings. The molecular formula is C24H25N5O4S. The van der Waals surface area contributed by atoms with Crippen molar-refractivity contribution in [3.05, 3.63) is 76.3 Å². The van der Waals surface area contributed by atoms with E-state index < -0.39 is 0 Å². The number of hydrogen-bond donors (Lipinski definition) is 1. The van der Waals surface area contributed by atoms with E-state index in [-0.39, 0.29) is 18.0 Å². The number of amides is 1. The van der Waals surface area contributed by atoms with Crippen molar-refractivity contribution in [1.29, 1.82) is 0 Å². The quantitative estimate of drug-likeness (QED) is 0.394. The summed E-state index contributed by atoms with van der Waals surface area (Å²) in [6, 6.07) is 15.4. The molecule has 34 heavy (non-hydrogen) atoms. The van der Waals surface area contributed by atoms with Crippen molar-refractivity contribution in [2.24, 2.45) is 0 Å². The number of benzene rings is 2. The lowest BCUT2D eigenvalue weighted by atomic mass is 10.2. The van der Waals surface area contributed by atoms with Crippen LogP contribution in [0.1, 0.15) is 11.1 Å². The molecule has 10 heteroatoms. The van der Waals surface area contributed by atoms with E-state index in [0.29, 0.717) is 40.1 Å². The van der Waals surface area contributed by atoms with Gasteiger partial charge in [-0.05, 0) is 23.3 Å². The summed E-state index contributed by atoms with van der Waals surface area (Å²) in [5.74, 6) is 0.893. The Hall–Kier alpha value is -3.92. The van der Waals surface area contributed by atoms with Crippen LogP contribution in [0.25, 0.3) is 10.3 Å². The van der Waals surface area contributed by atoms with E-state index in [1.54, 1.807) is 26.4 Å². The topological polar surface area (TPSA) is 98.6 Å². The van der Waals surface area contributed by atoms with Gasteiger partial charge in [0.15, 0.2) is 22.3 Å². The van der Waals surface area contributed by atoms with Gasteiger partial charge in [-0.2, -0.15) is 4.98 Å². The number of fused-ring (bicyclic) bond motifs is 1. The van der Waals surface area contributed by atoms with Crippen molar-refractivity contribution >= 4 is 32.7 Å². The normalized spacial score (nSPS) is 10.8. The molecule has 4 rings (SSSR count). The molecule has 1 N–H and O–H groups in total. The molecule has 176 valence electrons. The summed E-state index contributed by atoms with van der Waals surface area (Å²) in [7, 11) is 5.04. The first-order chi connectivity index (χ1) is 16.5. The molecule has 0 aliphatic heterocycles. The second-order valence-corrected chi connectivity index (χ2v) is 8.61. The zero-order valence-corrected chi connectivity index (χ0v) is 20.0. The number of ether oxygens (including phenoxy) is 2. The smallest absolute Gasteiger partial charge is 0.273 e. The molecule has 0 unspecified atom stereocenters. The van der Waals surface area contributed by atoms with E-state index in [2.05, 4.69) is 15.3 Å². The third kappa shape index (κ3) is 5.18. The summed E-state index contributed by atoms with van der Waals surface area (Å²) in [4.78, 5) is 36.2. The average molecular weight is 480 g/mol. The van der Waals surface area contributed by atoms with Crippen LogP contribution in [0, 0.1) is 0 Å². The number of carbonyl (C=O) groups is 1. The van der Waals surface area contributed by atoms with Crippen LogP contribution in [0.4, 0.5) is 5.13 Å². The second kappa shape index (κ2) is 10.3. The maximum Gasteiger partial charge on any atom is 0.273 e. The molecule has 9 nitrogen and oxygen atoms in total. The van der Waals surface area contributed by atoms with Gasteiger partial charge in [-0.25, -0.2) is 4.98 Å². The third-order valence-electron chi connectivity index (χ3n) is 5.21. The standard InChI is InChI=1S/C24H25N5O4S/c1-28(13-16-7-5-4-6-8-16)24-27-22-21(34-24)23(31)29(15-26-22)14-20(30)25-12-17-9-10-18(32-2)19(11-17)33-3/h4-11,15H,12-14H2,1-3H3,(H,25,30). The Bertz CT molecular complexity index is 1350. The molecule has 0 bridgehead atoms. The first-order valence-electron chi connectivity index (χ1n) is 10.6. The lowest BCUT2D eigenvalue weighted by molar-refractivity contribution is -0.121. The Morgan fingerprint density at radius 1 is 1.09 bits per heavy atom. The molecule has 0 atom stereocenters. The zero-order chi connectivity index (χ0) is 24.1. The van der Waals surface area contributed by atoms with Crippen LogP contribution in [-0.2, 0) is 24.4 Å². The Morgan fingerprint density at radius 2 is 1.85 bits per heavy atom. The molecule has 0 aliphatic carbocycles.